The van der Waals surface area contributed by atoms with Crippen LogP contribution in [0.2, 0.25) is 0 Å². The van der Waals surface area contributed by atoms with Gasteiger partial charge in [-0.2, -0.15) is 0 Å². The Morgan fingerprint density at radius 3 is 2.56 bits per heavy atom. The summed E-state index contributed by atoms with van der Waals surface area (Å²) in [5, 5.41) is 26.7. The molecule has 0 aliphatic carbocycles. The molecular weight excluding hydrogens is 893 g/mol. The molecule has 8 rings (SSSR count). The number of pyridine rings is 1. The number of nitrogens with zero attached hydrogens (tertiary/aromatic N) is 6. The minimum Gasteiger partial charge on any atom is -0.508 e. The second-order valence-electron chi connectivity index (χ2n) is 20.8. The van der Waals surface area contributed by atoms with Gasteiger partial charge in [0.25, 0.3) is 5.91 Å². The lowest BCUT2D eigenvalue weighted by Gasteiger charge is -2.37. The van der Waals surface area contributed by atoms with Crippen LogP contribution < -0.4 is 10.7 Å². The molecule has 4 aromatic rings. The van der Waals surface area contributed by atoms with Crippen LogP contribution in [0.4, 0.5) is 0 Å². The Labute approximate surface area is 410 Å². The number of hydrogen-bond donors (Lipinski definition) is 4. The van der Waals surface area contributed by atoms with E-state index in [1.54, 1.807) is 37.4 Å². The number of aryl methyl sites for hydroxylation is 1. The van der Waals surface area contributed by atoms with Crippen molar-refractivity contribution in [2.24, 2.45) is 17.3 Å². The number of carbonyl (C=O) groups is 5. The molecule has 2 aromatic carbocycles. The molecule has 4 amide bonds. The van der Waals surface area contributed by atoms with Gasteiger partial charge in [-0.05, 0) is 103 Å². The van der Waals surface area contributed by atoms with Gasteiger partial charge in [-0.25, -0.2) is 5.43 Å². The summed E-state index contributed by atoms with van der Waals surface area (Å²) < 4.78 is 14.0. The molecule has 4 aliphatic rings. The lowest BCUT2D eigenvalue weighted by molar-refractivity contribution is -0.155. The van der Waals surface area contributed by atoms with E-state index in [9.17, 15) is 34.2 Å². The second-order valence-corrected chi connectivity index (χ2v) is 20.8. The molecule has 4 aliphatic heterocycles. The lowest BCUT2D eigenvalue weighted by atomic mass is 9.84. The van der Waals surface area contributed by atoms with Gasteiger partial charge in [0.1, 0.15) is 23.9 Å². The number of nitrogens with one attached hydrogen (secondary N) is 2. The van der Waals surface area contributed by atoms with Gasteiger partial charge in [-0.15, -0.1) is 0 Å². The monoisotopic (exact) mass is 963 g/mol. The minimum absolute atomic E-state index is 0.0151. The Hall–Kier alpha value is -5.88. The molecular formula is C53H70N8O9. The van der Waals surface area contributed by atoms with Crippen molar-refractivity contribution < 1.29 is 43.7 Å². The van der Waals surface area contributed by atoms with E-state index in [1.165, 1.54) is 9.91 Å². The number of amides is 4. The quantitative estimate of drug-likeness (QED) is 0.156. The number of likely N-dealkylation sites (tertiary alicyclic amines) is 2. The molecule has 0 unspecified atom stereocenters. The van der Waals surface area contributed by atoms with Crippen LogP contribution in [0.1, 0.15) is 77.0 Å². The summed E-state index contributed by atoms with van der Waals surface area (Å²) in [5.41, 5.74) is 9.71. The van der Waals surface area contributed by atoms with Gasteiger partial charge < -0.3 is 39.4 Å². The molecule has 70 heavy (non-hydrogen) atoms. The number of esters is 1. The summed E-state index contributed by atoms with van der Waals surface area (Å²) in [7, 11) is 3.26. The maximum absolute atomic E-state index is 14.8. The van der Waals surface area contributed by atoms with E-state index < -0.39 is 53.3 Å². The van der Waals surface area contributed by atoms with Crippen LogP contribution >= 0.6 is 0 Å². The molecule has 17 nitrogen and oxygen atoms in total. The Kier molecular flexibility index (Phi) is 15.3. The predicted octanol–water partition coefficient (Wildman–Crippen LogP) is 4.29. The number of aromatic hydroxyl groups is 1. The van der Waals surface area contributed by atoms with Gasteiger partial charge >= 0.3 is 5.97 Å². The average molecular weight is 963 g/mol. The zero-order valence-corrected chi connectivity index (χ0v) is 41.7. The van der Waals surface area contributed by atoms with Crippen LogP contribution in [0.25, 0.3) is 33.3 Å². The van der Waals surface area contributed by atoms with E-state index in [4.69, 9.17) is 9.47 Å². The maximum Gasteiger partial charge on any atom is 0.324 e. The Morgan fingerprint density at radius 2 is 1.83 bits per heavy atom. The number of hydrogen-bond acceptors (Lipinski definition) is 12. The first-order chi connectivity index (χ1) is 33.4. The van der Waals surface area contributed by atoms with Crippen molar-refractivity contribution >= 4 is 40.5 Å². The Morgan fingerprint density at radius 1 is 1.03 bits per heavy atom. The molecule has 6 bridgehead atoms. The zero-order chi connectivity index (χ0) is 50.0. The van der Waals surface area contributed by atoms with Gasteiger partial charge in [-0.3, -0.25) is 38.9 Å². The SMILES string of the molecule is CCn1c(-c2cnccc2COC)c2c3cc(ccc31)-c1cc(O)cc(c1)C[C@H](NC(=O)[C@H](C(C)C)N(C)C(=O)[C@H]1CCN(C(=O)CN3CC[C@@H](O)C3)C1)C(=O)N1CCC[C@H](N1)C(=O)OCC(C)(C)C2. The van der Waals surface area contributed by atoms with Gasteiger partial charge in [-0.1, -0.05) is 39.8 Å². The largest absolute Gasteiger partial charge is 0.508 e. The number of fused-ring (bicyclic) bond motifs is 6. The minimum atomic E-state index is -1.17. The summed E-state index contributed by atoms with van der Waals surface area (Å²) in [6.45, 7) is 13.3. The van der Waals surface area contributed by atoms with Crippen molar-refractivity contribution in [3.05, 3.63) is 71.5 Å². The Bertz CT molecular complexity index is 2610. The van der Waals surface area contributed by atoms with Crippen LogP contribution in [0, 0.1) is 17.3 Å². The van der Waals surface area contributed by atoms with Crippen molar-refractivity contribution in [3.63, 3.8) is 0 Å². The Balaban J connectivity index is 1.13. The molecule has 3 saturated heterocycles. The number of hydrazine groups is 1. The number of likely N-dealkylation sites (N-methyl/N-ethyl adjacent to an activating group) is 1. The van der Waals surface area contributed by atoms with E-state index in [0.717, 1.165) is 38.9 Å². The number of aliphatic hydroxyl groups excluding tert-OH is 1. The zero-order valence-electron chi connectivity index (χ0n) is 41.7. The van der Waals surface area contributed by atoms with Crippen LogP contribution in [0.3, 0.4) is 0 Å². The highest BCUT2D eigenvalue weighted by Gasteiger charge is 2.41. The summed E-state index contributed by atoms with van der Waals surface area (Å²) in [6, 6.07) is 10.4. The molecule has 0 spiro atoms. The van der Waals surface area contributed by atoms with Crippen molar-refractivity contribution in [2.75, 3.05) is 60.0 Å². The second kappa shape index (κ2) is 21.2. The third-order valence-corrected chi connectivity index (χ3v) is 14.5. The van der Waals surface area contributed by atoms with Crippen molar-refractivity contribution in [3.8, 4) is 28.1 Å². The number of benzene rings is 2. The summed E-state index contributed by atoms with van der Waals surface area (Å²) in [6.07, 6.45) is 5.73. The topological polar surface area (TPSA) is 199 Å². The lowest BCUT2D eigenvalue weighted by Crippen LogP contribution is -2.62. The van der Waals surface area contributed by atoms with Gasteiger partial charge in [0, 0.05) is 94.1 Å². The molecule has 0 saturated carbocycles. The van der Waals surface area contributed by atoms with Crippen LogP contribution in [0.15, 0.2) is 54.9 Å². The number of ether oxygens (including phenoxy) is 2. The molecule has 0 radical (unpaired) electrons. The summed E-state index contributed by atoms with van der Waals surface area (Å²) >= 11 is 0. The molecule has 17 heteroatoms. The third-order valence-electron chi connectivity index (χ3n) is 14.5. The summed E-state index contributed by atoms with van der Waals surface area (Å²) in [4.78, 5) is 80.4. The normalized spacial score (nSPS) is 22.5. The number of rotatable bonds is 11. The molecule has 2 aromatic heterocycles. The van der Waals surface area contributed by atoms with Crippen molar-refractivity contribution in [1.82, 2.24) is 40.0 Å². The number of β-amino-alcohol motifs (C(OH)–C–C–N with tert-alkyl or cyclic N) is 1. The number of carbonyl (C=O) groups excluding carboxylic acids is 5. The standard InChI is InChI=1S/C53H70N8O9/c1-8-60-45-12-11-34-24-40(45)41(48(60)42-26-54-16-13-36(42)30-69-7)25-53(4,5)31-70-52(68)43-10-9-17-61(56-43)51(67)44(22-33-20-37(34)23-39(63)21-33)55-49(65)47(32(2)3)57(6)50(66)35-14-19-59(27-35)46(64)29-58-18-15-38(62)28-58/h11-13,16,20-21,23-24,26,32,35,38,43-44,47,56,62-63H,8-10,14-15,17-19,22,25,27-31H2,1-7H3,(H,55,65)/t35-,38+,43-,44-,47-/m0/s1. The van der Waals surface area contributed by atoms with E-state index in [1.807, 2.05) is 43.1 Å². The number of aliphatic hydroxyl groups is 1. The number of aromatic nitrogens is 2. The molecule has 6 heterocycles. The van der Waals surface area contributed by atoms with E-state index in [-0.39, 0.29) is 56.1 Å². The number of phenols is 1. The number of phenolic OH excluding ortho intramolecular Hbond substituents is 1. The van der Waals surface area contributed by atoms with E-state index >= 15 is 0 Å². The number of methoxy groups -OCH3 is 1. The van der Waals surface area contributed by atoms with E-state index in [0.29, 0.717) is 76.0 Å². The fourth-order valence-electron chi connectivity index (χ4n) is 11.0. The smallest absolute Gasteiger partial charge is 0.324 e. The van der Waals surface area contributed by atoms with Crippen molar-refractivity contribution in [1.29, 1.82) is 0 Å². The number of cyclic esters (lactones) is 1. The van der Waals surface area contributed by atoms with Gasteiger partial charge in [0.05, 0.1) is 37.5 Å². The highest BCUT2D eigenvalue weighted by molar-refractivity contribution is 5.96. The fourth-order valence-corrected chi connectivity index (χ4v) is 11.0. The highest BCUT2D eigenvalue weighted by Crippen LogP contribution is 2.41. The third kappa shape index (κ3) is 10.9. The molecule has 3 fully saturated rings. The molecule has 5 atom stereocenters. The van der Waals surface area contributed by atoms with Crippen molar-refractivity contribution in [2.45, 2.75) is 111 Å². The summed E-state index contributed by atoms with van der Waals surface area (Å²) in [5.74, 6) is -2.75. The van der Waals surface area contributed by atoms with Crippen LogP contribution in [-0.4, -0.2) is 153 Å². The molecule has 4 N–H and O–H groups in total. The first-order valence-corrected chi connectivity index (χ1v) is 24.8. The maximum atomic E-state index is 14.8. The molecule has 376 valence electrons. The fraction of sp³-hybridized carbons (Fsp3) is 0.547. The predicted molar refractivity (Wildman–Crippen MR) is 264 cm³/mol. The van der Waals surface area contributed by atoms with Gasteiger partial charge in [0.15, 0.2) is 0 Å². The van der Waals surface area contributed by atoms with Crippen LogP contribution in [-0.2, 0) is 59.4 Å². The first-order valence-electron chi connectivity index (χ1n) is 24.8. The van der Waals surface area contributed by atoms with E-state index in [2.05, 4.69) is 53.2 Å². The van der Waals surface area contributed by atoms with Crippen LogP contribution in [0.5, 0.6) is 5.75 Å². The average Bonchev–Trinajstić information content (AvgIpc) is 4.07. The highest BCUT2D eigenvalue weighted by atomic mass is 16.5. The first kappa shape index (κ1) is 50.5. The van der Waals surface area contributed by atoms with Gasteiger partial charge in [0.2, 0.25) is 17.7 Å².